The highest BCUT2D eigenvalue weighted by atomic mass is 16.4. The van der Waals surface area contributed by atoms with E-state index in [9.17, 15) is 9.59 Å². The minimum Gasteiger partial charge on any atom is -0.473 e. The number of carboxylic acid groups (broad SMARTS) is 2. The van der Waals surface area contributed by atoms with Crippen LogP contribution in [0.4, 0.5) is 11.4 Å². The van der Waals surface area contributed by atoms with Gasteiger partial charge >= 0.3 is 11.9 Å². The summed E-state index contributed by atoms with van der Waals surface area (Å²) in [4.78, 5) is 39.6. The molecule has 2 aromatic heterocycles. The highest BCUT2D eigenvalue weighted by molar-refractivity contribution is 6.27. The largest absolute Gasteiger partial charge is 0.473 e. The van der Waals surface area contributed by atoms with E-state index in [1.165, 1.54) is 21.3 Å². The topological polar surface area (TPSA) is 171 Å². The maximum Gasteiger partial charge on any atom is 0.414 e. The average Bonchev–Trinajstić information content (AvgIpc) is 2.49. The zero-order chi connectivity index (χ0) is 18.9. The van der Waals surface area contributed by atoms with Crippen LogP contribution in [-0.2, 0) is 23.7 Å². The molecule has 0 aliphatic rings. The molecular weight excluding hydrogens is 320 g/mol. The zero-order valence-electron chi connectivity index (χ0n) is 13.0. The molecule has 10 heteroatoms. The molecule has 2 rings (SSSR count). The Kier molecular flexibility index (Phi) is 8.05. The van der Waals surface area contributed by atoms with Crippen LogP contribution < -0.4 is 22.6 Å². The van der Waals surface area contributed by atoms with E-state index >= 15 is 0 Å². The van der Waals surface area contributed by atoms with Crippen molar-refractivity contribution in [2.24, 2.45) is 14.1 Å². The summed E-state index contributed by atoms with van der Waals surface area (Å²) in [5.74, 6) is -3.65. The van der Waals surface area contributed by atoms with Crippen molar-refractivity contribution in [3.8, 4) is 0 Å². The summed E-state index contributed by atoms with van der Waals surface area (Å²) in [7, 11) is 3.33. The van der Waals surface area contributed by atoms with Crippen LogP contribution in [-0.4, -0.2) is 31.3 Å². The highest BCUT2D eigenvalue weighted by Crippen LogP contribution is 1.92. The van der Waals surface area contributed by atoms with Crippen molar-refractivity contribution in [1.82, 2.24) is 9.13 Å². The standard InChI is InChI=1S/2C6H8N2O.C2H2O4/c2*1-8-4-5(7)2-3-6(8)9;3-1(4)2(5)6/h2*2-4H,7H2,1H3;(H,3,4)(H,5,6). The third-order valence-corrected chi connectivity index (χ3v) is 2.40. The number of nitrogens with two attached hydrogens (primary N) is 2. The minimum atomic E-state index is -1.82. The van der Waals surface area contributed by atoms with E-state index in [-0.39, 0.29) is 11.1 Å². The van der Waals surface area contributed by atoms with Gasteiger partial charge in [0, 0.05) is 50.0 Å². The molecule has 0 aromatic carbocycles. The Morgan fingerprint density at radius 1 is 0.792 bits per heavy atom. The molecule has 0 unspecified atom stereocenters. The summed E-state index contributed by atoms with van der Waals surface area (Å²) in [6, 6.07) is 6.05. The number of aromatic nitrogens is 2. The summed E-state index contributed by atoms with van der Waals surface area (Å²) in [5.41, 5.74) is 11.9. The lowest BCUT2D eigenvalue weighted by Crippen LogP contribution is -2.14. The number of carbonyl (C=O) groups is 2. The summed E-state index contributed by atoms with van der Waals surface area (Å²) in [6.45, 7) is 0. The smallest absolute Gasteiger partial charge is 0.414 e. The molecule has 0 atom stereocenters. The first-order chi connectivity index (χ1) is 11.0. The summed E-state index contributed by atoms with van der Waals surface area (Å²) < 4.78 is 2.88. The van der Waals surface area contributed by atoms with E-state index in [1.807, 2.05) is 0 Å². The van der Waals surface area contributed by atoms with Crippen molar-refractivity contribution in [2.45, 2.75) is 0 Å². The summed E-state index contributed by atoms with van der Waals surface area (Å²) in [5, 5.41) is 14.8. The summed E-state index contributed by atoms with van der Waals surface area (Å²) >= 11 is 0. The number of aliphatic carboxylic acids is 2. The number of hydrogen-bond acceptors (Lipinski definition) is 6. The number of carboxylic acids is 2. The van der Waals surface area contributed by atoms with Gasteiger partial charge in [0.25, 0.3) is 0 Å². The van der Waals surface area contributed by atoms with Crippen LogP contribution in [0.3, 0.4) is 0 Å². The van der Waals surface area contributed by atoms with E-state index in [1.54, 1.807) is 38.6 Å². The van der Waals surface area contributed by atoms with Crippen molar-refractivity contribution < 1.29 is 19.8 Å². The molecule has 0 spiro atoms. The van der Waals surface area contributed by atoms with Crippen molar-refractivity contribution in [1.29, 1.82) is 0 Å². The SMILES string of the molecule is Cn1cc(N)ccc1=O.Cn1cc(N)ccc1=O.O=C(O)C(=O)O. The molecule has 0 aliphatic carbocycles. The number of nitrogens with zero attached hydrogens (tertiary/aromatic N) is 2. The van der Waals surface area contributed by atoms with Crippen LogP contribution in [0.25, 0.3) is 0 Å². The third kappa shape index (κ3) is 8.02. The van der Waals surface area contributed by atoms with Gasteiger partial charge in [-0.2, -0.15) is 0 Å². The van der Waals surface area contributed by atoms with E-state index in [4.69, 9.17) is 31.3 Å². The lowest BCUT2D eigenvalue weighted by Gasteiger charge is -1.95. The van der Waals surface area contributed by atoms with Gasteiger partial charge < -0.3 is 30.8 Å². The number of pyridine rings is 2. The van der Waals surface area contributed by atoms with Crippen molar-refractivity contribution >= 4 is 23.3 Å². The molecule has 0 aliphatic heterocycles. The molecule has 0 amide bonds. The molecule has 0 bridgehead atoms. The van der Waals surface area contributed by atoms with Crippen LogP contribution in [0.5, 0.6) is 0 Å². The monoisotopic (exact) mass is 338 g/mol. The number of anilines is 2. The van der Waals surface area contributed by atoms with Crippen LogP contribution in [0.1, 0.15) is 0 Å². The van der Waals surface area contributed by atoms with Crippen molar-refractivity contribution in [2.75, 3.05) is 11.5 Å². The average molecular weight is 338 g/mol. The second-order valence-electron chi connectivity index (χ2n) is 4.43. The van der Waals surface area contributed by atoms with Gasteiger partial charge in [0.15, 0.2) is 0 Å². The number of aryl methyl sites for hydroxylation is 2. The highest BCUT2D eigenvalue weighted by Gasteiger charge is 2.04. The van der Waals surface area contributed by atoms with Crippen LogP contribution >= 0.6 is 0 Å². The molecule has 10 nitrogen and oxygen atoms in total. The van der Waals surface area contributed by atoms with Gasteiger partial charge in [0.2, 0.25) is 11.1 Å². The Hall–Kier alpha value is -3.56. The fraction of sp³-hybridized carbons (Fsp3) is 0.143. The molecule has 2 heterocycles. The first-order valence-electron chi connectivity index (χ1n) is 6.35. The normalized spacial score (nSPS) is 8.92. The van der Waals surface area contributed by atoms with Gasteiger partial charge in [0.05, 0.1) is 0 Å². The molecule has 24 heavy (non-hydrogen) atoms. The molecule has 0 saturated carbocycles. The van der Waals surface area contributed by atoms with Crippen LogP contribution in [0.2, 0.25) is 0 Å². The fourth-order valence-corrected chi connectivity index (χ4v) is 1.23. The Balaban J connectivity index is 0.000000340. The summed E-state index contributed by atoms with van der Waals surface area (Å²) in [6.07, 6.45) is 3.17. The van der Waals surface area contributed by atoms with E-state index < -0.39 is 11.9 Å². The van der Waals surface area contributed by atoms with Gasteiger partial charge in [-0.25, -0.2) is 9.59 Å². The first kappa shape index (κ1) is 20.4. The van der Waals surface area contributed by atoms with E-state index in [0.29, 0.717) is 11.4 Å². The molecule has 2 aromatic rings. The maximum atomic E-state index is 10.7. The van der Waals surface area contributed by atoms with Gasteiger partial charge in [-0.1, -0.05) is 0 Å². The maximum absolute atomic E-state index is 10.7. The van der Waals surface area contributed by atoms with Gasteiger partial charge in [-0.05, 0) is 12.1 Å². The van der Waals surface area contributed by atoms with Crippen molar-refractivity contribution in [3.63, 3.8) is 0 Å². The first-order valence-corrected chi connectivity index (χ1v) is 6.35. The van der Waals surface area contributed by atoms with E-state index in [0.717, 1.165) is 0 Å². The molecule has 130 valence electrons. The van der Waals surface area contributed by atoms with Gasteiger partial charge in [-0.3, -0.25) is 9.59 Å². The lowest BCUT2D eigenvalue weighted by molar-refractivity contribution is -0.159. The number of nitrogen functional groups attached to an aromatic ring is 2. The molecule has 6 N–H and O–H groups in total. The predicted octanol–water partition coefficient (Wildman–Crippen LogP) is -0.909. The van der Waals surface area contributed by atoms with Crippen LogP contribution in [0.15, 0.2) is 46.2 Å². The number of rotatable bonds is 0. The fourth-order valence-electron chi connectivity index (χ4n) is 1.23. The number of hydrogen-bond donors (Lipinski definition) is 4. The second kappa shape index (κ2) is 9.46. The van der Waals surface area contributed by atoms with Crippen molar-refractivity contribution in [3.05, 3.63) is 57.4 Å². The van der Waals surface area contributed by atoms with E-state index in [2.05, 4.69) is 0 Å². The lowest BCUT2D eigenvalue weighted by atomic mass is 10.4. The van der Waals surface area contributed by atoms with Gasteiger partial charge in [0.1, 0.15) is 0 Å². The predicted molar refractivity (Wildman–Crippen MR) is 87.5 cm³/mol. The molecule has 0 saturated heterocycles. The second-order valence-corrected chi connectivity index (χ2v) is 4.43. The third-order valence-electron chi connectivity index (χ3n) is 2.40. The molecule has 0 radical (unpaired) electrons. The molecular formula is C14H18N4O6. The minimum absolute atomic E-state index is 0.0378. The quantitative estimate of drug-likeness (QED) is 0.447. The van der Waals surface area contributed by atoms with Gasteiger partial charge in [-0.15, -0.1) is 0 Å². The Morgan fingerprint density at radius 3 is 1.25 bits per heavy atom. The zero-order valence-corrected chi connectivity index (χ0v) is 13.0. The Labute approximate surface area is 136 Å². The Morgan fingerprint density at radius 2 is 1.08 bits per heavy atom. The Bertz CT molecular complexity index is 755. The van der Waals surface area contributed by atoms with Crippen LogP contribution in [0, 0.1) is 0 Å². The molecule has 0 fully saturated rings.